The smallest absolute Gasteiger partial charge is 0.312 e. The van der Waals surface area contributed by atoms with Crippen molar-refractivity contribution in [3.63, 3.8) is 0 Å². The molecule has 0 aliphatic rings. The van der Waals surface area contributed by atoms with Crippen LogP contribution < -0.4 is 4.74 Å². The molecule has 0 aliphatic carbocycles. The number of benzene rings is 2. The second kappa shape index (κ2) is 6.51. The molecule has 7 heteroatoms. The van der Waals surface area contributed by atoms with Crippen LogP contribution in [0.5, 0.6) is 5.75 Å². The molecule has 0 aliphatic heterocycles. The highest BCUT2D eigenvalue weighted by Crippen LogP contribution is 2.30. The summed E-state index contributed by atoms with van der Waals surface area (Å²) in [6, 6.07) is 9.24. The second-order valence-corrected chi connectivity index (χ2v) is 4.68. The summed E-state index contributed by atoms with van der Waals surface area (Å²) < 4.78 is 18.0. The fourth-order valence-electron chi connectivity index (χ4n) is 1.71. The van der Waals surface area contributed by atoms with E-state index < -0.39 is 16.8 Å². The average molecular weight is 312 g/mol. The number of aliphatic hydroxyl groups excluding tert-OH is 1. The first-order valence-corrected chi connectivity index (χ1v) is 6.35. The normalized spacial score (nSPS) is 12.0. The zero-order chi connectivity index (χ0) is 15.4. The molecule has 110 valence electrons. The highest BCUT2D eigenvalue weighted by molar-refractivity contribution is 6.30. The molecule has 5 nitrogen and oxygen atoms in total. The van der Waals surface area contributed by atoms with E-state index >= 15 is 0 Å². The predicted molar refractivity (Wildman–Crippen MR) is 75.0 cm³/mol. The van der Waals surface area contributed by atoms with E-state index in [1.165, 1.54) is 42.5 Å². The third-order valence-electron chi connectivity index (χ3n) is 2.77. The summed E-state index contributed by atoms with van der Waals surface area (Å²) in [5.41, 5.74) is 0.168. The van der Waals surface area contributed by atoms with Crippen LogP contribution in [0.2, 0.25) is 5.02 Å². The van der Waals surface area contributed by atoms with Crippen LogP contribution in [0.15, 0.2) is 42.5 Å². The van der Waals surface area contributed by atoms with E-state index in [1.54, 1.807) is 0 Å². The molecule has 0 radical (unpaired) electrons. The van der Waals surface area contributed by atoms with Crippen molar-refractivity contribution in [2.75, 3.05) is 6.61 Å². The van der Waals surface area contributed by atoms with Crippen molar-refractivity contribution in [1.82, 2.24) is 0 Å². The predicted octanol–water partition coefficient (Wildman–Crippen LogP) is 3.50. The number of nitrogens with zero attached hydrogens (tertiary/aromatic N) is 1. The molecule has 1 N–H and O–H groups in total. The lowest BCUT2D eigenvalue weighted by Gasteiger charge is -2.12. The third-order valence-corrected chi connectivity index (χ3v) is 3.00. The van der Waals surface area contributed by atoms with Gasteiger partial charge in [0.25, 0.3) is 0 Å². The Kier molecular flexibility index (Phi) is 4.72. The molecular weight excluding hydrogens is 301 g/mol. The SMILES string of the molecule is O=[N+]([O-])c1cc(Cl)ccc1OCC(O)c1ccc(F)cc1. The van der Waals surface area contributed by atoms with E-state index in [0.29, 0.717) is 5.56 Å². The zero-order valence-corrected chi connectivity index (χ0v) is 11.5. The third kappa shape index (κ3) is 3.90. The number of nitro benzene ring substituents is 1. The molecule has 21 heavy (non-hydrogen) atoms. The average Bonchev–Trinajstić information content (AvgIpc) is 2.46. The molecule has 0 spiro atoms. The first-order chi connectivity index (χ1) is 9.97. The Morgan fingerprint density at radius 3 is 2.57 bits per heavy atom. The standard InChI is InChI=1S/C14H11ClFNO4/c15-10-3-6-14(12(7-10)17(19)20)21-8-13(18)9-1-4-11(16)5-2-9/h1-7,13,18H,8H2. The van der Waals surface area contributed by atoms with Crippen molar-refractivity contribution in [2.24, 2.45) is 0 Å². The highest BCUT2D eigenvalue weighted by atomic mass is 35.5. The molecule has 0 saturated heterocycles. The van der Waals surface area contributed by atoms with Gasteiger partial charge in [0.1, 0.15) is 18.5 Å². The van der Waals surface area contributed by atoms with Crippen LogP contribution in [0.25, 0.3) is 0 Å². The first kappa shape index (κ1) is 15.2. The van der Waals surface area contributed by atoms with Crippen LogP contribution in [-0.2, 0) is 0 Å². The Labute approximate surface area is 124 Å². The van der Waals surface area contributed by atoms with Gasteiger partial charge in [0, 0.05) is 11.1 Å². The molecule has 2 aromatic carbocycles. The summed E-state index contributed by atoms with van der Waals surface area (Å²) in [4.78, 5) is 10.3. The summed E-state index contributed by atoms with van der Waals surface area (Å²) in [5, 5.41) is 21.0. The number of nitro groups is 1. The summed E-state index contributed by atoms with van der Waals surface area (Å²) >= 11 is 5.69. The Morgan fingerprint density at radius 2 is 1.95 bits per heavy atom. The van der Waals surface area contributed by atoms with E-state index in [0.717, 1.165) is 0 Å². The van der Waals surface area contributed by atoms with Gasteiger partial charge in [-0.25, -0.2) is 4.39 Å². The van der Waals surface area contributed by atoms with Crippen LogP contribution in [0.4, 0.5) is 10.1 Å². The number of hydrogen-bond acceptors (Lipinski definition) is 4. The lowest BCUT2D eigenvalue weighted by molar-refractivity contribution is -0.385. The largest absolute Gasteiger partial charge is 0.484 e. The van der Waals surface area contributed by atoms with Gasteiger partial charge in [-0.3, -0.25) is 10.1 Å². The molecule has 2 rings (SSSR count). The molecule has 1 atom stereocenters. The van der Waals surface area contributed by atoms with Crippen molar-refractivity contribution < 1.29 is 19.2 Å². The number of aliphatic hydroxyl groups is 1. The van der Waals surface area contributed by atoms with Crippen LogP contribution in [0, 0.1) is 15.9 Å². The minimum Gasteiger partial charge on any atom is -0.484 e. The van der Waals surface area contributed by atoms with Crippen LogP contribution in [-0.4, -0.2) is 16.6 Å². The summed E-state index contributed by atoms with van der Waals surface area (Å²) in [5.74, 6) is -0.411. The Morgan fingerprint density at radius 1 is 1.29 bits per heavy atom. The molecule has 0 amide bonds. The summed E-state index contributed by atoms with van der Waals surface area (Å²) in [7, 11) is 0. The lowest BCUT2D eigenvalue weighted by Crippen LogP contribution is -2.10. The first-order valence-electron chi connectivity index (χ1n) is 5.97. The van der Waals surface area contributed by atoms with Gasteiger partial charge in [0.2, 0.25) is 0 Å². The van der Waals surface area contributed by atoms with Gasteiger partial charge in [-0.15, -0.1) is 0 Å². The highest BCUT2D eigenvalue weighted by Gasteiger charge is 2.17. The molecule has 0 fully saturated rings. The van der Waals surface area contributed by atoms with E-state index in [1.807, 2.05) is 0 Å². The number of rotatable bonds is 5. The maximum atomic E-state index is 12.8. The van der Waals surface area contributed by atoms with Crippen molar-refractivity contribution in [1.29, 1.82) is 0 Å². The fourth-order valence-corrected chi connectivity index (χ4v) is 1.87. The molecule has 1 unspecified atom stereocenters. The molecule has 0 heterocycles. The van der Waals surface area contributed by atoms with Crippen LogP contribution >= 0.6 is 11.6 Å². The minimum atomic E-state index is -1.03. The summed E-state index contributed by atoms with van der Waals surface area (Å²) in [6.07, 6.45) is -1.03. The van der Waals surface area contributed by atoms with Crippen LogP contribution in [0.1, 0.15) is 11.7 Å². The Hall–Kier alpha value is -2.18. The van der Waals surface area contributed by atoms with Gasteiger partial charge >= 0.3 is 5.69 Å². The monoisotopic (exact) mass is 311 g/mol. The minimum absolute atomic E-state index is 0.00515. The van der Waals surface area contributed by atoms with Crippen molar-refractivity contribution >= 4 is 17.3 Å². The quantitative estimate of drug-likeness (QED) is 0.677. The number of ether oxygens (including phenoxy) is 1. The van der Waals surface area contributed by atoms with Gasteiger partial charge in [-0.05, 0) is 29.8 Å². The van der Waals surface area contributed by atoms with Crippen molar-refractivity contribution in [2.45, 2.75) is 6.10 Å². The van der Waals surface area contributed by atoms with Crippen molar-refractivity contribution in [3.8, 4) is 5.75 Å². The molecular formula is C14H11ClFNO4. The molecule has 2 aromatic rings. The van der Waals surface area contributed by atoms with E-state index in [-0.39, 0.29) is 23.1 Å². The van der Waals surface area contributed by atoms with Gasteiger partial charge in [-0.1, -0.05) is 23.7 Å². The van der Waals surface area contributed by atoms with Crippen molar-refractivity contribution in [3.05, 3.63) is 69.0 Å². The second-order valence-electron chi connectivity index (χ2n) is 4.25. The maximum absolute atomic E-state index is 12.8. The Bertz CT molecular complexity index is 648. The summed E-state index contributed by atoms with van der Waals surface area (Å²) in [6.45, 7) is -0.200. The van der Waals surface area contributed by atoms with E-state index in [4.69, 9.17) is 16.3 Å². The van der Waals surface area contributed by atoms with Gasteiger partial charge in [-0.2, -0.15) is 0 Å². The van der Waals surface area contributed by atoms with Gasteiger partial charge in [0.05, 0.1) is 4.92 Å². The van der Waals surface area contributed by atoms with Gasteiger partial charge < -0.3 is 9.84 Å². The fraction of sp³-hybridized carbons (Fsp3) is 0.143. The molecule has 0 bridgehead atoms. The lowest BCUT2D eigenvalue weighted by atomic mass is 10.1. The van der Waals surface area contributed by atoms with Gasteiger partial charge in [0.15, 0.2) is 5.75 Å². The number of hydrogen-bond donors (Lipinski definition) is 1. The Balaban J connectivity index is 2.09. The van der Waals surface area contributed by atoms with Crippen LogP contribution in [0.3, 0.4) is 0 Å². The van der Waals surface area contributed by atoms with E-state index in [2.05, 4.69) is 0 Å². The topological polar surface area (TPSA) is 72.6 Å². The van der Waals surface area contributed by atoms with E-state index in [9.17, 15) is 19.6 Å². The molecule has 0 saturated carbocycles. The molecule has 0 aromatic heterocycles. The zero-order valence-electron chi connectivity index (χ0n) is 10.7. The maximum Gasteiger partial charge on any atom is 0.312 e. The number of halogens is 2.